The van der Waals surface area contributed by atoms with E-state index in [0.717, 1.165) is 12.8 Å². The first kappa shape index (κ1) is 12.0. The molecule has 1 heterocycles. The van der Waals surface area contributed by atoms with Gasteiger partial charge in [-0.25, -0.2) is 0 Å². The van der Waals surface area contributed by atoms with Gasteiger partial charge < -0.3 is 15.7 Å². The maximum Gasteiger partial charge on any atom is 0.310 e. The minimum atomic E-state index is -0.832. The Balaban J connectivity index is 2.28. The molecule has 1 amide bonds. The number of likely N-dealkylation sites (tertiary alicyclic amines) is 1. The molecule has 1 aliphatic rings. The van der Waals surface area contributed by atoms with Gasteiger partial charge in [0.15, 0.2) is 0 Å². The molecule has 5 heteroatoms. The van der Waals surface area contributed by atoms with Crippen molar-refractivity contribution in [1.29, 1.82) is 0 Å². The highest BCUT2D eigenvalue weighted by molar-refractivity contribution is 5.84. The molecule has 0 aliphatic carbocycles. The quantitative estimate of drug-likeness (QED) is 0.677. The Morgan fingerprint density at radius 1 is 1.53 bits per heavy atom. The highest BCUT2D eigenvalue weighted by atomic mass is 16.4. The first-order valence-electron chi connectivity index (χ1n) is 5.33. The predicted molar refractivity (Wildman–Crippen MR) is 55.2 cm³/mol. The minimum absolute atomic E-state index is 0.110. The van der Waals surface area contributed by atoms with Gasteiger partial charge in [0.1, 0.15) is 0 Å². The van der Waals surface area contributed by atoms with E-state index in [2.05, 4.69) is 0 Å². The fraction of sp³-hybridized carbons (Fsp3) is 0.800. The van der Waals surface area contributed by atoms with E-state index in [0.29, 0.717) is 19.5 Å². The maximum absolute atomic E-state index is 11.6. The van der Waals surface area contributed by atoms with Crippen molar-refractivity contribution in [2.45, 2.75) is 32.2 Å². The van der Waals surface area contributed by atoms with Crippen molar-refractivity contribution in [3.05, 3.63) is 0 Å². The van der Waals surface area contributed by atoms with Crippen LogP contribution in [0.1, 0.15) is 26.2 Å². The zero-order valence-electron chi connectivity index (χ0n) is 8.98. The molecular weight excluding hydrogens is 196 g/mol. The second kappa shape index (κ2) is 5.11. The number of rotatable bonds is 5. The molecule has 3 N–H and O–H groups in total. The summed E-state index contributed by atoms with van der Waals surface area (Å²) in [5.74, 6) is -1.34. The monoisotopic (exact) mass is 214 g/mol. The fourth-order valence-corrected chi connectivity index (χ4v) is 1.60. The van der Waals surface area contributed by atoms with E-state index in [1.165, 1.54) is 4.90 Å². The first-order chi connectivity index (χ1) is 7.06. The van der Waals surface area contributed by atoms with Crippen LogP contribution in [0.15, 0.2) is 0 Å². The molecule has 0 spiro atoms. The van der Waals surface area contributed by atoms with Gasteiger partial charge in [0.2, 0.25) is 5.91 Å². The van der Waals surface area contributed by atoms with Gasteiger partial charge in [0.05, 0.1) is 12.0 Å². The third kappa shape index (κ3) is 2.92. The molecule has 0 radical (unpaired) electrons. The Bertz CT molecular complexity index is 249. The Morgan fingerprint density at radius 3 is 2.60 bits per heavy atom. The van der Waals surface area contributed by atoms with Crippen LogP contribution in [0.3, 0.4) is 0 Å². The van der Waals surface area contributed by atoms with E-state index in [1.54, 1.807) is 0 Å². The summed E-state index contributed by atoms with van der Waals surface area (Å²) in [4.78, 5) is 23.7. The van der Waals surface area contributed by atoms with E-state index in [9.17, 15) is 9.59 Å². The summed E-state index contributed by atoms with van der Waals surface area (Å²) in [5, 5.41) is 8.64. The highest BCUT2D eigenvalue weighted by Crippen LogP contribution is 2.17. The van der Waals surface area contributed by atoms with Gasteiger partial charge in [-0.3, -0.25) is 9.59 Å². The van der Waals surface area contributed by atoms with E-state index < -0.39 is 17.9 Å². The Labute approximate surface area is 89.2 Å². The van der Waals surface area contributed by atoms with Gasteiger partial charge in [0, 0.05) is 13.1 Å². The van der Waals surface area contributed by atoms with Crippen LogP contribution in [0.25, 0.3) is 0 Å². The number of amides is 1. The molecule has 1 atom stereocenters. The van der Waals surface area contributed by atoms with Crippen molar-refractivity contribution in [2.75, 3.05) is 13.1 Å². The normalized spacial score (nSPS) is 18.4. The molecule has 0 saturated carbocycles. The molecule has 5 nitrogen and oxygen atoms in total. The molecule has 0 unspecified atom stereocenters. The second-order valence-corrected chi connectivity index (χ2v) is 4.03. The summed E-state index contributed by atoms with van der Waals surface area (Å²) in [7, 11) is 0. The number of hydrogen-bond donors (Lipinski definition) is 2. The summed E-state index contributed by atoms with van der Waals surface area (Å²) in [6, 6.07) is -0.459. The molecule has 1 aliphatic heterocycles. The molecule has 0 aromatic heterocycles. The highest BCUT2D eigenvalue weighted by Gasteiger charge is 2.36. The SMILES string of the molecule is CCCC[C@H](N)C(=O)N1CC(C(=O)O)C1. The molecule has 1 saturated heterocycles. The lowest BCUT2D eigenvalue weighted by Crippen LogP contribution is -2.57. The van der Waals surface area contributed by atoms with Gasteiger partial charge in [-0.2, -0.15) is 0 Å². The van der Waals surface area contributed by atoms with Crippen molar-refractivity contribution in [3.8, 4) is 0 Å². The summed E-state index contributed by atoms with van der Waals surface area (Å²) >= 11 is 0. The number of carbonyl (C=O) groups is 2. The van der Waals surface area contributed by atoms with Crippen LogP contribution >= 0.6 is 0 Å². The Hall–Kier alpha value is -1.10. The minimum Gasteiger partial charge on any atom is -0.481 e. The third-order valence-corrected chi connectivity index (χ3v) is 2.73. The number of nitrogens with two attached hydrogens (primary N) is 1. The van der Waals surface area contributed by atoms with Gasteiger partial charge in [-0.15, -0.1) is 0 Å². The number of nitrogens with zero attached hydrogens (tertiary/aromatic N) is 1. The largest absolute Gasteiger partial charge is 0.481 e. The molecule has 0 aromatic rings. The third-order valence-electron chi connectivity index (χ3n) is 2.73. The topological polar surface area (TPSA) is 83.6 Å². The van der Waals surface area contributed by atoms with E-state index in [1.807, 2.05) is 6.92 Å². The van der Waals surface area contributed by atoms with Gasteiger partial charge in [-0.1, -0.05) is 19.8 Å². The van der Waals surface area contributed by atoms with Crippen molar-refractivity contribution in [3.63, 3.8) is 0 Å². The van der Waals surface area contributed by atoms with Crippen LogP contribution in [-0.4, -0.2) is 41.0 Å². The van der Waals surface area contributed by atoms with Crippen LogP contribution in [-0.2, 0) is 9.59 Å². The molecule has 0 bridgehead atoms. The molecule has 0 aromatic carbocycles. The lowest BCUT2D eigenvalue weighted by Gasteiger charge is -2.38. The van der Waals surface area contributed by atoms with Gasteiger partial charge in [0.25, 0.3) is 0 Å². The fourth-order valence-electron chi connectivity index (χ4n) is 1.60. The van der Waals surface area contributed by atoms with Crippen molar-refractivity contribution < 1.29 is 14.7 Å². The zero-order valence-corrected chi connectivity index (χ0v) is 8.98. The van der Waals surface area contributed by atoms with E-state index in [4.69, 9.17) is 10.8 Å². The first-order valence-corrected chi connectivity index (χ1v) is 5.33. The van der Waals surface area contributed by atoms with E-state index >= 15 is 0 Å². The van der Waals surface area contributed by atoms with Crippen LogP contribution in [0.5, 0.6) is 0 Å². The summed E-state index contributed by atoms with van der Waals surface area (Å²) in [5.41, 5.74) is 5.70. The number of carboxylic acids is 1. The summed E-state index contributed by atoms with van der Waals surface area (Å²) < 4.78 is 0. The van der Waals surface area contributed by atoms with Crippen molar-refractivity contribution >= 4 is 11.9 Å². The Kier molecular flexibility index (Phi) is 4.08. The van der Waals surface area contributed by atoms with Crippen molar-refractivity contribution in [1.82, 2.24) is 4.90 Å². The maximum atomic E-state index is 11.6. The molecule has 1 fully saturated rings. The molecule has 86 valence electrons. The Morgan fingerprint density at radius 2 is 2.13 bits per heavy atom. The van der Waals surface area contributed by atoms with Gasteiger partial charge >= 0.3 is 5.97 Å². The average Bonchev–Trinajstić information content (AvgIpc) is 2.10. The average molecular weight is 214 g/mol. The molecule has 15 heavy (non-hydrogen) atoms. The number of unbranched alkanes of at least 4 members (excludes halogenated alkanes) is 1. The van der Waals surface area contributed by atoms with Crippen LogP contribution < -0.4 is 5.73 Å². The number of aliphatic carboxylic acids is 1. The number of carbonyl (C=O) groups excluding carboxylic acids is 1. The number of hydrogen-bond acceptors (Lipinski definition) is 3. The zero-order chi connectivity index (χ0) is 11.4. The lowest BCUT2D eigenvalue weighted by molar-refractivity contribution is -0.153. The standard InChI is InChI=1S/C10H18N2O3/c1-2-3-4-8(11)9(13)12-5-7(6-12)10(14)15/h7-8H,2-6,11H2,1H3,(H,14,15)/t8-/m0/s1. The smallest absolute Gasteiger partial charge is 0.310 e. The predicted octanol–water partition coefficient (Wildman–Crippen LogP) is 0.0469. The van der Waals surface area contributed by atoms with Crippen LogP contribution in [0.4, 0.5) is 0 Å². The van der Waals surface area contributed by atoms with Gasteiger partial charge in [-0.05, 0) is 6.42 Å². The lowest BCUT2D eigenvalue weighted by atomic mass is 9.98. The summed E-state index contributed by atoms with van der Waals surface area (Å²) in [6.07, 6.45) is 2.63. The van der Waals surface area contributed by atoms with E-state index in [-0.39, 0.29) is 5.91 Å². The summed E-state index contributed by atoms with van der Waals surface area (Å²) in [6.45, 7) is 2.67. The molecular formula is C10H18N2O3. The van der Waals surface area contributed by atoms with Crippen LogP contribution in [0.2, 0.25) is 0 Å². The van der Waals surface area contributed by atoms with Crippen molar-refractivity contribution in [2.24, 2.45) is 11.7 Å². The van der Waals surface area contributed by atoms with Crippen LogP contribution in [0, 0.1) is 5.92 Å². The number of carboxylic acid groups (broad SMARTS) is 1. The second-order valence-electron chi connectivity index (χ2n) is 4.03. The molecule has 1 rings (SSSR count).